The van der Waals surface area contributed by atoms with Crippen molar-refractivity contribution in [1.82, 2.24) is 21.7 Å². The van der Waals surface area contributed by atoms with Gasteiger partial charge in [-0.1, -0.05) is 0 Å². The number of nitrogens with zero attached hydrogens (tertiary/aromatic N) is 1. The van der Waals surface area contributed by atoms with Crippen molar-refractivity contribution in [3.8, 4) is 0 Å². The highest BCUT2D eigenvalue weighted by Crippen LogP contribution is 1.71. The van der Waals surface area contributed by atoms with Gasteiger partial charge in [0.15, 0.2) is 0 Å². The van der Waals surface area contributed by atoms with E-state index in [9.17, 15) is 14.4 Å². The fraction of sp³-hybridized carbons (Fsp3) is 0.200. The van der Waals surface area contributed by atoms with Crippen LogP contribution >= 0.6 is 0 Å². The summed E-state index contributed by atoms with van der Waals surface area (Å²) in [5.74, 6) is -1.46. The third-order valence-corrected chi connectivity index (χ3v) is 0.981. The number of rotatable bonds is 2. The van der Waals surface area contributed by atoms with Gasteiger partial charge in [-0.3, -0.25) is 15.6 Å². The maximum Gasteiger partial charge on any atom is 0.330 e. The Kier molecular flexibility index (Phi) is 5.55. The van der Waals surface area contributed by atoms with E-state index in [0.29, 0.717) is 0 Å². The van der Waals surface area contributed by atoms with Crippen LogP contribution in [-0.4, -0.2) is 35.6 Å². The Bertz CT molecular complexity index is 294. The van der Waals surface area contributed by atoms with E-state index in [1.54, 1.807) is 0 Å². The van der Waals surface area contributed by atoms with Crippen molar-refractivity contribution < 1.29 is 19.5 Å². The van der Waals surface area contributed by atoms with E-state index in [1.807, 2.05) is 10.9 Å². The molecule has 0 saturated heterocycles. The summed E-state index contributed by atoms with van der Waals surface area (Å²) in [4.78, 5) is 34.2. The molecule has 90 valence electrons. The first-order valence-corrected chi connectivity index (χ1v) is 3.81. The molecule has 0 aromatic carbocycles. The lowest BCUT2D eigenvalue weighted by atomic mass is 10.7. The maximum absolute atomic E-state index is 10.3. The largest absolute Gasteiger partial charge is 0.480 e. The molecule has 0 atom stereocenters. The molecule has 0 aromatic heterocycles. The molecule has 11 heteroatoms. The second-order valence-corrected chi connectivity index (χ2v) is 2.29. The van der Waals surface area contributed by atoms with E-state index < -0.39 is 24.6 Å². The number of nitrogens with two attached hydrogens (primary N) is 2. The number of amides is 4. The van der Waals surface area contributed by atoms with Crippen molar-refractivity contribution in [2.24, 2.45) is 16.5 Å². The number of aliphatic carboxylic acids is 1. The van der Waals surface area contributed by atoms with Crippen LogP contribution in [-0.2, 0) is 4.79 Å². The minimum absolute atomic E-state index is 0.250. The minimum atomic E-state index is -1.21. The number of primary amides is 2. The number of hydrogen-bond acceptors (Lipinski definition) is 4. The van der Waals surface area contributed by atoms with Gasteiger partial charge < -0.3 is 16.6 Å². The number of guanidine groups is 1. The van der Waals surface area contributed by atoms with Crippen LogP contribution in [0, 0.1) is 0 Å². The van der Waals surface area contributed by atoms with Gasteiger partial charge >= 0.3 is 18.0 Å². The lowest BCUT2D eigenvalue weighted by Gasteiger charge is -2.11. The normalized spacial score (nSPS) is 8.50. The van der Waals surface area contributed by atoms with Crippen LogP contribution in [0.4, 0.5) is 9.59 Å². The summed E-state index contributed by atoms with van der Waals surface area (Å²) in [6, 6.07) is -1.85. The van der Waals surface area contributed by atoms with Gasteiger partial charge in [-0.25, -0.2) is 25.4 Å². The molecular formula is C5H11N7O4. The molecule has 0 aromatic rings. The Balaban J connectivity index is 4.25. The highest BCUT2D eigenvalue weighted by Gasteiger charge is 2.01. The van der Waals surface area contributed by atoms with Crippen LogP contribution in [0.3, 0.4) is 0 Å². The number of urea groups is 2. The number of carbonyl (C=O) groups is 3. The Labute approximate surface area is 89.2 Å². The van der Waals surface area contributed by atoms with Crippen molar-refractivity contribution in [1.29, 1.82) is 0 Å². The monoisotopic (exact) mass is 233 g/mol. The molecule has 0 aliphatic heterocycles. The molecule has 0 rings (SSSR count). The molecule has 0 heterocycles. The van der Waals surface area contributed by atoms with Gasteiger partial charge in [0.2, 0.25) is 5.96 Å². The van der Waals surface area contributed by atoms with Crippen molar-refractivity contribution in [3.63, 3.8) is 0 Å². The highest BCUT2D eigenvalue weighted by molar-refractivity contribution is 5.86. The van der Waals surface area contributed by atoms with E-state index >= 15 is 0 Å². The van der Waals surface area contributed by atoms with Gasteiger partial charge in [-0.2, -0.15) is 0 Å². The average molecular weight is 233 g/mol. The molecule has 0 aliphatic rings. The predicted molar refractivity (Wildman–Crippen MR) is 51.6 cm³/mol. The first-order chi connectivity index (χ1) is 7.41. The van der Waals surface area contributed by atoms with Gasteiger partial charge in [0.25, 0.3) is 0 Å². The Morgan fingerprint density at radius 3 is 1.75 bits per heavy atom. The molecule has 0 unspecified atom stereocenters. The fourth-order valence-corrected chi connectivity index (χ4v) is 0.499. The number of hydrazine groups is 2. The molecule has 0 spiro atoms. The van der Waals surface area contributed by atoms with Crippen LogP contribution in [0.5, 0.6) is 0 Å². The third-order valence-electron chi connectivity index (χ3n) is 0.981. The highest BCUT2D eigenvalue weighted by atomic mass is 16.4. The fourth-order valence-electron chi connectivity index (χ4n) is 0.499. The molecule has 0 radical (unpaired) electrons. The molecular weight excluding hydrogens is 222 g/mol. The summed E-state index contributed by atoms with van der Waals surface area (Å²) in [6.45, 7) is -0.587. The van der Waals surface area contributed by atoms with E-state index in [4.69, 9.17) is 16.6 Å². The first kappa shape index (κ1) is 13.3. The molecule has 0 saturated carbocycles. The predicted octanol–water partition coefficient (Wildman–Crippen LogP) is -3.23. The van der Waals surface area contributed by atoms with Crippen LogP contribution in [0.15, 0.2) is 4.99 Å². The van der Waals surface area contributed by atoms with Gasteiger partial charge in [-0.05, 0) is 0 Å². The van der Waals surface area contributed by atoms with E-state index in [-0.39, 0.29) is 5.96 Å². The zero-order valence-corrected chi connectivity index (χ0v) is 7.98. The maximum atomic E-state index is 10.3. The number of aliphatic imine (C=N–C) groups is 1. The smallest absolute Gasteiger partial charge is 0.330 e. The summed E-state index contributed by atoms with van der Waals surface area (Å²) < 4.78 is 0. The van der Waals surface area contributed by atoms with Crippen LogP contribution < -0.4 is 33.2 Å². The zero-order chi connectivity index (χ0) is 12.6. The van der Waals surface area contributed by atoms with Crippen LogP contribution in [0.1, 0.15) is 0 Å². The Morgan fingerprint density at radius 1 is 1.00 bits per heavy atom. The number of carboxylic acid groups (broad SMARTS) is 1. The van der Waals surface area contributed by atoms with Crippen LogP contribution in [0.2, 0.25) is 0 Å². The number of hydrogen-bond donors (Lipinski definition) is 7. The molecule has 4 amide bonds. The minimum Gasteiger partial charge on any atom is -0.480 e. The van der Waals surface area contributed by atoms with E-state index in [2.05, 4.69) is 15.8 Å². The van der Waals surface area contributed by atoms with Crippen molar-refractivity contribution in [3.05, 3.63) is 0 Å². The van der Waals surface area contributed by atoms with Gasteiger partial charge in [-0.15, -0.1) is 0 Å². The Hall–Kier alpha value is -2.72. The summed E-state index contributed by atoms with van der Waals surface area (Å²) in [6.07, 6.45) is 0. The van der Waals surface area contributed by atoms with Gasteiger partial charge in [0.05, 0.1) is 0 Å². The SMILES string of the molecule is NC(=O)NNC(=NCC(=O)O)NNC(N)=O. The van der Waals surface area contributed by atoms with Crippen molar-refractivity contribution in [2.45, 2.75) is 0 Å². The van der Waals surface area contributed by atoms with E-state index in [1.165, 1.54) is 0 Å². The summed E-state index contributed by atoms with van der Waals surface area (Å²) >= 11 is 0. The number of carbonyl (C=O) groups excluding carboxylic acids is 2. The summed E-state index contributed by atoms with van der Waals surface area (Å²) in [5.41, 5.74) is 17.5. The lowest BCUT2D eigenvalue weighted by Crippen LogP contribution is -2.55. The second kappa shape index (κ2) is 6.69. The lowest BCUT2D eigenvalue weighted by molar-refractivity contribution is -0.135. The van der Waals surface area contributed by atoms with Crippen LogP contribution in [0.25, 0.3) is 0 Å². The quantitative estimate of drug-likeness (QED) is 0.149. The first-order valence-electron chi connectivity index (χ1n) is 3.81. The zero-order valence-electron chi connectivity index (χ0n) is 7.98. The molecule has 9 N–H and O–H groups in total. The number of carboxylic acids is 1. The summed E-state index contributed by atoms with van der Waals surface area (Å²) in [7, 11) is 0. The van der Waals surface area contributed by atoms with E-state index in [0.717, 1.165) is 0 Å². The van der Waals surface area contributed by atoms with Gasteiger partial charge in [0.1, 0.15) is 6.54 Å². The molecule has 16 heavy (non-hydrogen) atoms. The molecule has 0 fully saturated rings. The topological polar surface area (TPSA) is 184 Å². The Morgan fingerprint density at radius 2 is 1.44 bits per heavy atom. The standard InChI is InChI=1S/C5H11N7O4/c6-3(15)9-11-5(8-1-2(13)14)12-10-4(7)16/h1H2,(H,13,14)(H3,6,9,15)(H3,7,10,16)(H2,8,11,12). The molecule has 11 nitrogen and oxygen atoms in total. The molecule has 0 aliphatic carbocycles. The second-order valence-electron chi connectivity index (χ2n) is 2.29. The van der Waals surface area contributed by atoms with Crippen molar-refractivity contribution in [2.75, 3.05) is 6.54 Å². The third kappa shape index (κ3) is 7.90. The van der Waals surface area contributed by atoms with Gasteiger partial charge in [0, 0.05) is 0 Å². The average Bonchev–Trinajstić information content (AvgIpc) is 2.15. The van der Waals surface area contributed by atoms with Crippen molar-refractivity contribution >= 4 is 24.0 Å². The molecule has 0 bridgehead atoms. The summed E-state index contributed by atoms with van der Waals surface area (Å²) in [5, 5.41) is 8.33. The number of nitrogens with one attached hydrogen (secondary N) is 4.